The van der Waals surface area contributed by atoms with E-state index in [-0.39, 0.29) is 11.6 Å². The number of aliphatic carboxylic acids is 2. The average Bonchev–Trinajstić information content (AvgIpc) is 2.76. The van der Waals surface area contributed by atoms with Gasteiger partial charge in [-0.05, 0) is 30.2 Å². The number of carbonyl (C=O) groups is 3. The number of hydrogen-bond acceptors (Lipinski definition) is 6. The van der Waals surface area contributed by atoms with Gasteiger partial charge < -0.3 is 15.1 Å². The second-order valence-electron chi connectivity index (χ2n) is 6.91. The minimum Gasteiger partial charge on any atom is -0.473 e. The Morgan fingerprint density at radius 2 is 1.48 bits per heavy atom. The van der Waals surface area contributed by atoms with Gasteiger partial charge in [-0.15, -0.1) is 0 Å². The van der Waals surface area contributed by atoms with Gasteiger partial charge in [0.15, 0.2) is 0 Å². The second kappa shape index (κ2) is 10.8. The number of carboxylic acids is 2. The quantitative estimate of drug-likeness (QED) is 0.427. The molecule has 0 saturated carbocycles. The first-order valence-electron chi connectivity index (χ1n) is 9.46. The molecule has 10 heteroatoms. The number of amides is 1. The van der Waals surface area contributed by atoms with Gasteiger partial charge in [-0.2, -0.15) is 0 Å². The molecule has 1 saturated heterocycles. The summed E-state index contributed by atoms with van der Waals surface area (Å²) in [6.45, 7) is 6.00. The monoisotopic (exact) mass is 429 g/mol. The van der Waals surface area contributed by atoms with E-state index in [4.69, 9.17) is 19.8 Å². The highest BCUT2D eigenvalue weighted by Gasteiger charge is 2.22. The zero-order valence-electron chi connectivity index (χ0n) is 16.9. The van der Waals surface area contributed by atoms with Gasteiger partial charge in [0.25, 0.3) is 11.6 Å². The molecule has 164 valence electrons. The molecule has 3 rings (SSSR count). The van der Waals surface area contributed by atoms with Gasteiger partial charge in [0, 0.05) is 50.4 Å². The van der Waals surface area contributed by atoms with Crippen LogP contribution in [-0.4, -0.2) is 69.0 Å². The van der Waals surface area contributed by atoms with Crippen LogP contribution in [0.5, 0.6) is 0 Å². The second-order valence-corrected chi connectivity index (χ2v) is 6.91. The summed E-state index contributed by atoms with van der Waals surface area (Å²) in [6, 6.07) is 14.2. The van der Waals surface area contributed by atoms with Crippen molar-refractivity contribution in [1.29, 1.82) is 0 Å². The lowest BCUT2D eigenvalue weighted by molar-refractivity contribution is -0.384. The van der Waals surface area contributed by atoms with Gasteiger partial charge in [0.2, 0.25) is 0 Å². The van der Waals surface area contributed by atoms with Crippen molar-refractivity contribution in [2.45, 2.75) is 13.5 Å². The number of rotatable bonds is 4. The van der Waals surface area contributed by atoms with Crippen LogP contribution in [0.4, 0.5) is 5.69 Å². The van der Waals surface area contributed by atoms with Crippen molar-refractivity contribution in [2.24, 2.45) is 0 Å². The van der Waals surface area contributed by atoms with E-state index in [9.17, 15) is 14.9 Å². The zero-order chi connectivity index (χ0) is 23.0. The van der Waals surface area contributed by atoms with Crippen molar-refractivity contribution in [3.63, 3.8) is 0 Å². The van der Waals surface area contributed by atoms with Crippen molar-refractivity contribution >= 4 is 23.5 Å². The van der Waals surface area contributed by atoms with Gasteiger partial charge in [0.1, 0.15) is 0 Å². The van der Waals surface area contributed by atoms with Gasteiger partial charge in [-0.25, -0.2) is 9.59 Å². The molecule has 1 fully saturated rings. The Morgan fingerprint density at radius 1 is 0.935 bits per heavy atom. The van der Waals surface area contributed by atoms with Gasteiger partial charge in [0.05, 0.1) is 4.92 Å². The predicted octanol–water partition coefficient (Wildman–Crippen LogP) is 2.02. The van der Waals surface area contributed by atoms with Crippen molar-refractivity contribution in [1.82, 2.24) is 9.80 Å². The lowest BCUT2D eigenvalue weighted by atomic mass is 10.1. The third kappa shape index (κ3) is 6.89. The largest absolute Gasteiger partial charge is 0.473 e. The van der Waals surface area contributed by atoms with Gasteiger partial charge in [-0.1, -0.05) is 24.3 Å². The third-order valence-corrected chi connectivity index (χ3v) is 4.82. The maximum Gasteiger partial charge on any atom is 0.414 e. The first kappa shape index (κ1) is 23.5. The molecular weight excluding hydrogens is 406 g/mol. The summed E-state index contributed by atoms with van der Waals surface area (Å²) < 4.78 is 0. The first-order valence-corrected chi connectivity index (χ1v) is 9.46. The van der Waals surface area contributed by atoms with Crippen LogP contribution in [0.25, 0.3) is 0 Å². The highest BCUT2D eigenvalue weighted by molar-refractivity contribution is 6.27. The Balaban J connectivity index is 0.000000501. The van der Waals surface area contributed by atoms with Crippen molar-refractivity contribution in [3.05, 3.63) is 75.3 Å². The summed E-state index contributed by atoms with van der Waals surface area (Å²) in [5.41, 5.74) is 3.10. The fourth-order valence-corrected chi connectivity index (χ4v) is 3.05. The van der Waals surface area contributed by atoms with E-state index in [1.54, 1.807) is 0 Å². The molecule has 1 amide bonds. The topological polar surface area (TPSA) is 141 Å². The number of nitrogens with zero attached hydrogens (tertiary/aromatic N) is 3. The van der Waals surface area contributed by atoms with Crippen LogP contribution in [0, 0.1) is 17.0 Å². The van der Waals surface area contributed by atoms with E-state index in [2.05, 4.69) is 30.0 Å². The standard InChI is InChI=1S/C19H21N3O3.C2H2O4/c1-15-4-2-3-5-17(15)14-20-10-12-21(13-11-20)19(23)16-6-8-18(9-7-16)22(24)25;3-1(4)2(5)6/h2-9H,10-14H2,1H3;(H,3,4)(H,5,6). The Kier molecular flexibility index (Phi) is 8.21. The van der Waals surface area contributed by atoms with E-state index in [0.29, 0.717) is 18.7 Å². The van der Waals surface area contributed by atoms with Crippen LogP contribution in [0.1, 0.15) is 21.5 Å². The normalized spacial score (nSPS) is 13.6. The number of hydrogen-bond donors (Lipinski definition) is 2. The fourth-order valence-electron chi connectivity index (χ4n) is 3.05. The smallest absolute Gasteiger partial charge is 0.414 e. The summed E-state index contributed by atoms with van der Waals surface area (Å²) in [5.74, 6) is -3.71. The van der Waals surface area contributed by atoms with E-state index < -0.39 is 16.9 Å². The molecule has 0 atom stereocenters. The highest BCUT2D eigenvalue weighted by atomic mass is 16.6. The maximum atomic E-state index is 12.5. The van der Waals surface area contributed by atoms with Gasteiger partial charge in [-0.3, -0.25) is 19.8 Å². The van der Waals surface area contributed by atoms with Gasteiger partial charge >= 0.3 is 11.9 Å². The molecule has 2 aromatic rings. The van der Waals surface area contributed by atoms with Crippen LogP contribution in [-0.2, 0) is 16.1 Å². The number of non-ortho nitro benzene ring substituents is 1. The minimum atomic E-state index is -1.82. The molecule has 0 spiro atoms. The fraction of sp³-hybridized carbons (Fsp3) is 0.286. The molecule has 1 heterocycles. The number of nitro benzene ring substituents is 1. The summed E-state index contributed by atoms with van der Waals surface area (Å²) in [7, 11) is 0. The molecular formula is C21H23N3O7. The van der Waals surface area contributed by atoms with E-state index in [0.717, 1.165) is 19.6 Å². The Morgan fingerprint density at radius 3 is 1.97 bits per heavy atom. The molecule has 2 N–H and O–H groups in total. The van der Waals surface area contributed by atoms with E-state index in [1.807, 2.05) is 11.0 Å². The van der Waals surface area contributed by atoms with Crippen LogP contribution in [0.15, 0.2) is 48.5 Å². The van der Waals surface area contributed by atoms with E-state index >= 15 is 0 Å². The van der Waals surface area contributed by atoms with E-state index in [1.165, 1.54) is 35.4 Å². The Bertz CT molecular complexity index is 940. The lowest BCUT2D eigenvalue weighted by Gasteiger charge is -2.35. The predicted molar refractivity (Wildman–Crippen MR) is 111 cm³/mol. The summed E-state index contributed by atoms with van der Waals surface area (Å²) in [4.78, 5) is 45.1. The molecule has 31 heavy (non-hydrogen) atoms. The van der Waals surface area contributed by atoms with Crippen molar-refractivity contribution < 1.29 is 29.5 Å². The minimum absolute atomic E-state index is 0.000370. The zero-order valence-corrected chi connectivity index (χ0v) is 16.9. The molecule has 0 bridgehead atoms. The number of piperazine rings is 1. The molecule has 0 aromatic heterocycles. The van der Waals surface area contributed by atoms with Crippen LogP contribution >= 0.6 is 0 Å². The number of nitro groups is 1. The van der Waals surface area contributed by atoms with Crippen molar-refractivity contribution in [3.8, 4) is 0 Å². The number of aryl methyl sites for hydroxylation is 1. The summed E-state index contributed by atoms with van der Waals surface area (Å²) in [6.07, 6.45) is 0. The molecule has 0 aliphatic carbocycles. The average molecular weight is 429 g/mol. The van der Waals surface area contributed by atoms with Crippen LogP contribution in [0.3, 0.4) is 0 Å². The number of carboxylic acid groups (broad SMARTS) is 2. The van der Waals surface area contributed by atoms with Crippen LogP contribution < -0.4 is 0 Å². The molecule has 2 aromatic carbocycles. The number of carbonyl (C=O) groups excluding carboxylic acids is 1. The molecule has 0 unspecified atom stereocenters. The number of benzene rings is 2. The van der Waals surface area contributed by atoms with Crippen molar-refractivity contribution in [2.75, 3.05) is 26.2 Å². The lowest BCUT2D eigenvalue weighted by Crippen LogP contribution is -2.48. The highest BCUT2D eigenvalue weighted by Crippen LogP contribution is 2.16. The maximum absolute atomic E-state index is 12.5. The first-order chi connectivity index (χ1) is 14.7. The summed E-state index contributed by atoms with van der Waals surface area (Å²) >= 11 is 0. The molecule has 1 aliphatic rings. The van der Waals surface area contributed by atoms with Crippen LogP contribution in [0.2, 0.25) is 0 Å². The molecule has 0 radical (unpaired) electrons. The Labute approximate surface area is 178 Å². The SMILES string of the molecule is Cc1ccccc1CN1CCN(C(=O)c2ccc([N+](=O)[O-])cc2)CC1.O=C(O)C(=O)O. The Hall–Kier alpha value is -3.79. The molecule has 10 nitrogen and oxygen atoms in total. The third-order valence-electron chi connectivity index (χ3n) is 4.82. The molecule has 1 aliphatic heterocycles. The summed E-state index contributed by atoms with van der Waals surface area (Å²) in [5, 5.41) is 25.5.